The number of aromatic nitrogens is 3. The third kappa shape index (κ3) is 9.77. The first-order valence-corrected chi connectivity index (χ1v) is 24.2. The van der Waals surface area contributed by atoms with Gasteiger partial charge in [0.05, 0.1) is 43.1 Å². The number of Topliss-reactive ketones (excluding diaryl/α,β-unsaturated/α-hetero) is 1. The highest BCUT2D eigenvalue weighted by Gasteiger charge is 2.61. The number of methoxy groups -OCH3 is 3. The van der Waals surface area contributed by atoms with E-state index < -0.39 is 66.8 Å². The van der Waals surface area contributed by atoms with Crippen LogP contribution in [-0.4, -0.2) is 141 Å². The molecule has 14 nitrogen and oxygen atoms in total. The Balaban J connectivity index is 1.14. The number of alkyl halides is 1. The van der Waals surface area contributed by atoms with Gasteiger partial charge in [0.2, 0.25) is 0 Å². The molecule has 0 spiro atoms. The van der Waals surface area contributed by atoms with Crippen molar-refractivity contribution >= 4 is 11.8 Å². The topological polar surface area (TPSA) is 142 Å². The van der Waals surface area contributed by atoms with Crippen molar-refractivity contribution in [1.29, 1.82) is 0 Å². The molecule has 2 saturated carbocycles. The average molecular weight is 909 g/mol. The third-order valence-electron chi connectivity index (χ3n) is 15.9. The zero-order chi connectivity index (χ0) is 46.3. The number of fused-ring (bicyclic) bond motifs is 5. The number of benzene rings is 1. The number of ether oxygens (including phenoxy) is 8. The highest BCUT2D eigenvalue weighted by Crippen LogP contribution is 2.61. The summed E-state index contributed by atoms with van der Waals surface area (Å²) in [6.07, 6.45) is 3.55. The molecule has 19 atom stereocenters. The molecule has 2 aromatic rings. The molecule has 0 bridgehead atoms. The van der Waals surface area contributed by atoms with Crippen molar-refractivity contribution in [1.82, 2.24) is 19.9 Å². The second kappa shape index (κ2) is 20.6. The number of likely N-dealkylation sites (N-methyl/N-ethyl adjacent to an activating group) is 1. The second-order valence-electron chi connectivity index (χ2n) is 20.0. The smallest absolute Gasteiger partial charge is 0.306 e. The van der Waals surface area contributed by atoms with Gasteiger partial charge in [0.15, 0.2) is 18.4 Å². The summed E-state index contributed by atoms with van der Waals surface area (Å²) in [5, 5.41) is 9.20. The Hall–Kier alpha value is -3.15. The van der Waals surface area contributed by atoms with Crippen molar-refractivity contribution in [2.45, 2.75) is 172 Å². The van der Waals surface area contributed by atoms with Crippen molar-refractivity contribution in [3.63, 3.8) is 0 Å². The van der Waals surface area contributed by atoms with Crippen molar-refractivity contribution in [2.75, 3.05) is 35.4 Å². The van der Waals surface area contributed by atoms with Gasteiger partial charge in [-0.2, -0.15) is 0 Å². The van der Waals surface area contributed by atoms with Gasteiger partial charge in [0.1, 0.15) is 36.3 Å². The maximum atomic E-state index is 18.3. The highest BCUT2D eigenvalue weighted by molar-refractivity contribution is 5.99. The third-order valence-corrected chi connectivity index (χ3v) is 15.9. The molecule has 3 saturated heterocycles. The molecule has 1 aromatic carbocycles. The van der Waals surface area contributed by atoms with E-state index in [1.807, 2.05) is 64.2 Å². The molecular formula is C50H73FN4O10. The van der Waals surface area contributed by atoms with Crippen LogP contribution in [0.25, 0.3) is 11.3 Å². The fourth-order valence-corrected chi connectivity index (χ4v) is 12.6. The number of rotatable bonds is 11. The predicted octanol–water partition coefficient (Wildman–Crippen LogP) is 7.08. The molecule has 1 aromatic heterocycles. The van der Waals surface area contributed by atoms with Crippen LogP contribution in [0.5, 0.6) is 0 Å². The molecule has 15 heteroatoms. The zero-order valence-electron chi connectivity index (χ0n) is 40.0. The fourth-order valence-electron chi connectivity index (χ4n) is 12.6. The minimum absolute atomic E-state index is 0.0356. The zero-order valence-corrected chi connectivity index (χ0v) is 40.0. The monoisotopic (exact) mass is 909 g/mol. The Bertz CT molecular complexity index is 1980. The molecule has 4 heterocycles. The molecular weight excluding hydrogens is 836 g/mol. The summed E-state index contributed by atoms with van der Waals surface area (Å²) in [6.45, 7) is 9.98. The molecule has 360 valence electrons. The van der Waals surface area contributed by atoms with Gasteiger partial charge in [0.25, 0.3) is 0 Å². The molecule has 65 heavy (non-hydrogen) atoms. The molecule has 0 radical (unpaired) electrons. The first-order chi connectivity index (χ1) is 31.2. The molecule has 8 rings (SSSR count). The Labute approximate surface area is 384 Å². The summed E-state index contributed by atoms with van der Waals surface area (Å²) >= 11 is 0. The largest absolute Gasteiger partial charge is 0.462 e. The van der Waals surface area contributed by atoms with E-state index in [1.54, 1.807) is 26.0 Å². The van der Waals surface area contributed by atoms with Gasteiger partial charge < -0.3 is 42.8 Å². The summed E-state index contributed by atoms with van der Waals surface area (Å²) in [5.74, 6) is -3.19. The molecule has 6 unspecified atom stereocenters. The van der Waals surface area contributed by atoms with Gasteiger partial charge in [-0.25, -0.2) is 9.07 Å². The van der Waals surface area contributed by atoms with Crippen LogP contribution in [0.3, 0.4) is 0 Å². The van der Waals surface area contributed by atoms with Crippen molar-refractivity contribution < 1.29 is 51.9 Å². The fraction of sp³-hybridized carbons (Fsp3) is 0.760. The van der Waals surface area contributed by atoms with Crippen LogP contribution < -0.4 is 0 Å². The van der Waals surface area contributed by atoms with Gasteiger partial charge in [-0.1, -0.05) is 48.9 Å². The predicted molar refractivity (Wildman–Crippen MR) is 239 cm³/mol. The second-order valence-corrected chi connectivity index (χ2v) is 20.0. The van der Waals surface area contributed by atoms with E-state index in [9.17, 15) is 4.79 Å². The number of esters is 1. The maximum Gasteiger partial charge on any atom is 0.306 e. The Morgan fingerprint density at radius 3 is 2.35 bits per heavy atom. The van der Waals surface area contributed by atoms with Gasteiger partial charge in [-0.3, -0.25) is 9.59 Å². The molecule has 3 aliphatic carbocycles. The number of carbonyl (C=O) groups excluding carboxylic acids is 2. The number of hydrogen-bond donors (Lipinski definition) is 0. The minimum Gasteiger partial charge on any atom is -0.462 e. The quantitative estimate of drug-likeness (QED) is 0.212. The standard InChI is InChI=1S/C50H73FN4O10/c1-11-31-16-13-17-40(65-42-19-18-39(54(6)7)28(4)61-42)27(3)46(57)37-23-34-33-21-32(64-50-49(60-10)48(59-9)47(58-8)29(5)62-50)22-36(33)45(44(51)43(34)35(37)24-41(56)63-31)55-25-38(52-53-55)30-15-12-14-26(2)20-30/h12,14-15,20,23,25,27-29,31-36,39-40,42-45,47-50H,11,13,16-19,21-22,24H2,1-10H3/t27-,28?,29?,31+,32+,33+,34+,35-,36-,39+,40+,42+,43-,44?,45?,47+,48?,49?,50+/m1/s1. The Kier molecular flexibility index (Phi) is 15.3. The molecule has 0 amide bonds. The number of hydrogen-bond acceptors (Lipinski definition) is 13. The lowest BCUT2D eigenvalue weighted by molar-refractivity contribution is -0.314. The van der Waals surface area contributed by atoms with Crippen LogP contribution in [0, 0.1) is 42.4 Å². The molecule has 3 aliphatic heterocycles. The lowest BCUT2D eigenvalue weighted by Crippen LogP contribution is -2.59. The normalized spacial score (nSPS) is 41.5. The summed E-state index contributed by atoms with van der Waals surface area (Å²) in [6, 6.07) is 7.54. The van der Waals surface area contributed by atoms with E-state index in [-0.39, 0.29) is 66.5 Å². The summed E-state index contributed by atoms with van der Waals surface area (Å²) in [7, 11) is 8.99. The van der Waals surface area contributed by atoms with Crippen molar-refractivity contribution in [2.24, 2.45) is 35.5 Å². The number of cyclic esters (lactones) is 1. The van der Waals surface area contributed by atoms with Gasteiger partial charge in [-0.15, -0.1) is 5.10 Å². The number of allylic oxidation sites excluding steroid dienone is 2. The summed E-state index contributed by atoms with van der Waals surface area (Å²) < 4.78 is 70.3. The summed E-state index contributed by atoms with van der Waals surface area (Å²) in [4.78, 5) is 31.4. The van der Waals surface area contributed by atoms with E-state index in [2.05, 4.69) is 36.2 Å². The first-order valence-electron chi connectivity index (χ1n) is 24.2. The lowest BCUT2D eigenvalue weighted by Gasteiger charge is -2.45. The van der Waals surface area contributed by atoms with Gasteiger partial charge in [0, 0.05) is 50.7 Å². The average Bonchev–Trinajstić information content (AvgIpc) is 4.03. The van der Waals surface area contributed by atoms with E-state index in [4.69, 9.17) is 37.9 Å². The number of nitrogens with zero attached hydrogens (tertiary/aromatic N) is 4. The minimum atomic E-state index is -1.48. The van der Waals surface area contributed by atoms with Gasteiger partial charge in [-0.05, 0) is 116 Å². The summed E-state index contributed by atoms with van der Waals surface area (Å²) in [5.41, 5.74) is 3.11. The molecule has 6 aliphatic rings. The van der Waals surface area contributed by atoms with E-state index in [0.717, 1.165) is 30.4 Å². The van der Waals surface area contributed by atoms with Crippen LogP contribution in [0.15, 0.2) is 42.1 Å². The lowest BCUT2D eigenvalue weighted by atomic mass is 9.63. The number of aryl methyl sites for hydroxylation is 1. The van der Waals surface area contributed by atoms with Crippen LogP contribution >= 0.6 is 0 Å². The Morgan fingerprint density at radius 1 is 0.908 bits per heavy atom. The number of ketones is 1. The van der Waals surface area contributed by atoms with E-state index in [0.29, 0.717) is 43.4 Å². The van der Waals surface area contributed by atoms with Crippen LogP contribution in [0.1, 0.15) is 97.1 Å². The molecule has 0 N–H and O–H groups in total. The van der Waals surface area contributed by atoms with E-state index in [1.165, 1.54) is 0 Å². The molecule has 5 fully saturated rings. The van der Waals surface area contributed by atoms with Crippen LogP contribution in [0.4, 0.5) is 4.39 Å². The first kappa shape index (κ1) is 48.3. The highest BCUT2D eigenvalue weighted by atomic mass is 19.1. The van der Waals surface area contributed by atoms with E-state index >= 15 is 9.18 Å². The van der Waals surface area contributed by atoms with Crippen molar-refractivity contribution in [3.8, 4) is 11.3 Å². The van der Waals surface area contributed by atoms with Crippen molar-refractivity contribution in [3.05, 3.63) is 47.7 Å². The van der Waals surface area contributed by atoms with Gasteiger partial charge >= 0.3 is 5.97 Å². The SMILES string of the molecule is CC[C@H]1CCC[C@H](O[C@H]2CC[C@H](N(C)C)C(C)O2)[C@@H](C)C(=O)C2=C[C@H]3[C@@H]4C[C@H](O[C@@H]5OC(C)[C@H](OC)C(OC)C5OC)C[C@H]4C(n4cc(-c5cccc(C)c5)nn4)C(F)[C@H]3[C@@H]2CC(=O)O1. The number of carbonyl (C=O) groups is 2. The number of halogens is 1. The van der Waals surface area contributed by atoms with Crippen LogP contribution in [0.2, 0.25) is 0 Å². The Morgan fingerprint density at radius 2 is 1.66 bits per heavy atom. The maximum absolute atomic E-state index is 18.3. The van der Waals surface area contributed by atoms with Crippen LogP contribution in [-0.2, 0) is 47.5 Å².